The molecule has 2 fully saturated rings. The lowest BCUT2D eigenvalue weighted by Crippen LogP contribution is -2.56. The van der Waals surface area contributed by atoms with Gasteiger partial charge in [-0.3, -0.25) is 9.69 Å². The summed E-state index contributed by atoms with van der Waals surface area (Å²) in [7, 11) is 1.91. The average Bonchev–Trinajstić information content (AvgIpc) is 2.61. The quantitative estimate of drug-likeness (QED) is 0.742. The van der Waals surface area contributed by atoms with Crippen LogP contribution in [0.3, 0.4) is 0 Å². The van der Waals surface area contributed by atoms with E-state index >= 15 is 0 Å². The van der Waals surface area contributed by atoms with Gasteiger partial charge in [-0.15, -0.1) is 24.8 Å². The van der Waals surface area contributed by atoms with Crippen LogP contribution in [0.4, 0.5) is 0 Å². The van der Waals surface area contributed by atoms with Crippen LogP contribution in [0.1, 0.15) is 35.2 Å². The summed E-state index contributed by atoms with van der Waals surface area (Å²) >= 11 is 0. The number of nitrogens with one attached hydrogen (secondary N) is 1. The number of fused-ring (bicyclic) bond motifs is 1. The number of benzene rings is 1. The highest BCUT2D eigenvalue weighted by Gasteiger charge is 2.38. The number of carboxylic acids is 1. The molecule has 0 bridgehead atoms. The third-order valence-electron chi connectivity index (χ3n) is 5.47. The smallest absolute Gasteiger partial charge is 0.336 e. The second kappa shape index (κ2) is 10.9. The summed E-state index contributed by atoms with van der Waals surface area (Å²) < 4.78 is 0. The fraction of sp³-hybridized carbons (Fsp3) is 0.579. The third-order valence-corrected chi connectivity index (χ3v) is 5.47. The molecule has 0 aromatic heterocycles. The Hall–Kier alpha value is -1.34. The molecule has 2 aliphatic heterocycles. The first-order valence-corrected chi connectivity index (χ1v) is 9.07. The topological polar surface area (TPSA) is 72.9 Å². The molecule has 152 valence electrons. The summed E-state index contributed by atoms with van der Waals surface area (Å²) in [5.74, 6) is -0.103. The van der Waals surface area contributed by atoms with E-state index in [1.54, 1.807) is 12.1 Å². The molecule has 1 amide bonds. The van der Waals surface area contributed by atoms with Crippen molar-refractivity contribution in [2.24, 2.45) is 5.92 Å². The molecule has 0 saturated carbocycles. The van der Waals surface area contributed by atoms with Crippen molar-refractivity contribution in [2.45, 2.75) is 31.8 Å². The molecule has 2 aliphatic rings. The van der Waals surface area contributed by atoms with Crippen molar-refractivity contribution < 1.29 is 14.7 Å². The Morgan fingerprint density at radius 2 is 2.00 bits per heavy atom. The highest BCUT2D eigenvalue weighted by atomic mass is 35.5. The maximum atomic E-state index is 12.3. The number of amides is 1. The molecule has 2 atom stereocenters. The minimum Gasteiger partial charge on any atom is -0.478 e. The summed E-state index contributed by atoms with van der Waals surface area (Å²) in [6.45, 7) is 4.10. The van der Waals surface area contributed by atoms with Crippen LogP contribution in [0, 0.1) is 5.92 Å². The van der Waals surface area contributed by atoms with Crippen LogP contribution in [0.2, 0.25) is 0 Å². The molecule has 0 aliphatic carbocycles. The third kappa shape index (κ3) is 5.57. The molecule has 0 spiro atoms. The number of piperidine rings is 2. The van der Waals surface area contributed by atoms with Gasteiger partial charge in [-0.25, -0.2) is 4.79 Å². The first kappa shape index (κ1) is 23.7. The fourth-order valence-electron chi connectivity index (χ4n) is 4.20. The molecule has 3 rings (SSSR count). The molecule has 1 aromatic rings. The molecule has 0 radical (unpaired) electrons. The van der Waals surface area contributed by atoms with E-state index in [0.29, 0.717) is 30.5 Å². The number of carbonyl (C=O) groups is 2. The fourth-order valence-corrected chi connectivity index (χ4v) is 4.20. The van der Waals surface area contributed by atoms with Crippen LogP contribution in [-0.2, 0) is 11.3 Å². The van der Waals surface area contributed by atoms with Crippen LogP contribution >= 0.6 is 24.8 Å². The van der Waals surface area contributed by atoms with E-state index < -0.39 is 5.97 Å². The first-order chi connectivity index (χ1) is 12.1. The van der Waals surface area contributed by atoms with E-state index in [0.717, 1.165) is 44.6 Å². The van der Waals surface area contributed by atoms with Crippen molar-refractivity contribution in [3.05, 3.63) is 35.4 Å². The number of carboxylic acid groups (broad SMARTS) is 1. The first-order valence-electron chi connectivity index (χ1n) is 9.07. The van der Waals surface area contributed by atoms with Gasteiger partial charge in [0, 0.05) is 45.2 Å². The van der Waals surface area contributed by atoms with Gasteiger partial charge in [0.25, 0.3) is 0 Å². The SMILES string of the molecule is CNCCN1C(=O)CC[C@H]2CN(Cc3ccccc3C(=O)O)CC[C@H]21.Cl.Cl. The van der Waals surface area contributed by atoms with Gasteiger partial charge >= 0.3 is 5.97 Å². The number of halogens is 2. The van der Waals surface area contributed by atoms with Gasteiger partial charge in [-0.05, 0) is 37.4 Å². The summed E-state index contributed by atoms with van der Waals surface area (Å²) in [5, 5.41) is 12.5. The van der Waals surface area contributed by atoms with Crippen molar-refractivity contribution >= 4 is 36.7 Å². The van der Waals surface area contributed by atoms with Crippen molar-refractivity contribution in [1.82, 2.24) is 15.1 Å². The molecule has 6 nitrogen and oxygen atoms in total. The number of carbonyl (C=O) groups excluding carboxylic acids is 1. The summed E-state index contributed by atoms with van der Waals surface area (Å²) in [6, 6.07) is 7.57. The number of aromatic carboxylic acids is 1. The minimum atomic E-state index is -0.869. The van der Waals surface area contributed by atoms with Gasteiger partial charge in [-0.2, -0.15) is 0 Å². The molecule has 0 unspecified atom stereocenters. The maximum Gasteiger partial charge on any atom is 0.336 e. The summed E-state index contributed by atoms with van der Waals surface area (Å²) in [5.41, 5.74) is 1.26. The highest BCUT2D eigenvalue weighted by molar-refractivity contribution is 5.89. The Morgan fingerprint density at radius 3 is 2.70 bits per heavy atom. The molecule has 2 saturated heterocycles. The number of hydrogen-bond donors (Lipinski definition) is 2. The van der Waals surface area contributed by atoms with E-state index in [1.165, 1.54) is 0 Å². The van der Waals surface area contributed by atoms with E-state index in [2.05, 4.69) is 15.1 Å². The Kier molecular flexibility index (Phi) is 9.53. The largest absolute Gasteiger partial charge is 0.478 e. The van der Waals surface area contributed by atoms with Crippen molar-refractivity contribution in [3.8, 4) is 0 Å². The van der Waals surface area contributed by atoms with Crippen LogP contribution in [0.5, 0.6) is 0 Å². The molecule has 27 heavy (non-hydrogen) atoms. The van der Waals surface area contributed by atoms with E-state index in [4.69, 9.17) is 0 Å². The second-order valence-electron chi connectivity index (χ2n) is 7.04. The minimum absolute atomic E-state index is 0. The molecular weight excluding hydrogens is 389 g/mol. The highest BCUT2D eigenvalue weighted by Crippen LogP contribution is 2.31. The number of likely N-dealkylation sites (N-methyl/N-ethyl adjacent to an activating group) is 1. The van der Waals surface area contributed by atoms with Gasteiger partial charge < -0.3 is 15.3 Å². The Bertz CT molecular complexity index is 644. The monoisotopic (exact) mass is 417 g/mol. The molecule has 8 heteroatoms. The zero-order valence-electron chi connectivity index (χ0n) is 15.6. The summed E-state index contributed by atoms with van der Waals surface area (Å²) in [6.07, 6.45) is 2.54. The van der Waals surface area contributed by atoms with Gasteiger partial charge in [-0.1, -0.05) is 18.2 Å². The molecule has 2 N–H and O–H groups in total. The molecular formula is C19H29Cl2N3O3. The van der Waals surface area contributed by atoms with Gasteiger partial charge in [0.15, 0.2) is 0 Å². The predicted molar refractivity (Wildman–Crippen MR) is 110 cm³/mol. The Balaban J connectivity index is 0.00000182. The van der Waals surface area contributed by atoms with Crippen LogP contribution in [0.15, 0.2) is 24.3 Å². The van der Waals surface area contributed by atoms with E-state index in [-0.39, 0.29) is 30.7 Å². The predicted octanol–water partition coefficient (Wildman–Crippen LogP) is 2.26. The lowest BCUT2D eigenvalue weighted by atomic mass is 9.83. The number of hydrogen-bond acceptors (Lipinski definition) is 4. The normalized spacial score (nSPS) is 22.4. The van der Waals surface area contributed by atoms with Gasteiger partial charge in [0.05, 0.1) is 5.56 Å². The second-order valence-corrected chi connectivity index (χ2v) is 7.04. The van der Waals surface area contributed by atoms with E-state index in [1.807, 2.05) is 19.2 Å². The summed E-state index contributed by atoms with van der Waals surface area (Å²) in [4.78, 5) is 28.1. The standard InChI is InChI=1S/C19H27N3O3.2ClH/c1-20-9-11-22-17-8-10-21(13-15(17)6-7-18(22)23)12-14-4-2-3-5-16(14)19(24)25;;/h2-5,15,17,20H,6-13H2,1H3,(H,24,25);2*1H/t15-,17+;;/m0../s1. The van der Waals surface area contributed by atoms with Crippen molar-refractivity contribution in [3.63, 3.8) is 0 Å². The van der Waals surface area contributed by atoms with E-state index in [9.17, 15) is 14.7 Å². The van der Waals surface area contributed by atoms with Gasteiger partial charge in [0.1, 0.15) is 0 Å². The van der Waals surface area contributed by atoms with Crippen molar-refractivity contribution in [1.29, 1.82) is 0 Å². The number of likely N-dealkylation sites (tertiary alicyclic amines) is 2. The zero-order valence-corrected chi connectivity index (χ0v) is 17.2. The number of nitrogens with zero attached hydrogens (tertiary/aromatic N) is 2. The molecule has 1 aromatic carbocycles. The average molecular weight is 418 g/mol. The Morgan fingerprint density at radius 1 is 1.26 bits per heavy atom. The van der Waals surface area contributed by atoms with Crippen LogP contribution < -0.4 is 5.32 Å². The zero-order chi connectivity index (χ0) is 17.8. The maximum absolute atomic E-state index is 12.3. The van der Waals surface area contributed by atoms with Gasteiger partial charge in [0.2, 0.25) is 5.91 Å². The number of rotatable bonds is 6. The lowest BCUT2D eigenvalue weighted by Gasteiger charge is -2.47. The van der Waals surface area contributed by atoms with Crippen LogP contribution in [0.25, 0.3) is 0 Å². The Labute approximate surface area is 173 Å². The lowest BCUT2D eigenvalue weighted by molar-refractivity contribution is -0.141. The van der Waals surface area contributed by atoms with Crippen LogP contribution in [-0.4, -0.2) is 66.1 Å². The molecule has 2 heterocycles. The van der Waals surface area contributed by atoms with Crippen molar-refractivity contribution in [2.75, 3.05) is 33.2 Å².